The van der Waals surface area contributed by atoms with Gasteiger partial charge in [0.15, 0.2) is 9.84 Å². The third kappa shape index (κ3) is 4.49. The first-order chi connectivity index (χ1) is 11.3. The van der Waals surface area contributed by atoms with Crippen LogP contribution in [-0.4, -0.2) is 35.9 Å². The molecular weight excluding hydrogens is 371 g/mol. The molecule has 1 fully saturated rings. The second-order valence-electron chi connectivity index (χ2n) is 5.71. The Labute approximate surface area is 150 Å². The van der Waals surface area contributed by atoms with E-state index in [4.69, 9.17) is 23.2 Å². The molecular formula is C15H16Cl2N4O2S. The highest BCUT2D eigenvalue weighted by Crippen LogP contribution is 2.26. The number of hydrogen-bond donors (Lipinski definition) is 2. The Kier molecular flexibility index (Phi) is 4.85. The molecule has 2 aromatic rings. The van der Waals surface area contributed by atoms with Crippen LogP contribution in [0.4, 0.5) is 17.3 Å². The first-order valence-corrected chi connectivity index (χ1v) is 9.92. The van der Waals surface area contributed by atoms with Gasteiger partial charge in [-0.25, -0.2) is 18.4 Å². The lowest BCUT2D eigenvalue weighted by molar-refractivity contribution is 0.602. The molecule has 24 heavy (non-hydrogen) atoms. The van der Waals surface area contributed by atoms with Crippen LogP contribution in [0.2, 0.25) is 10.0 Å². The number of benzene rings is 1. The van der Waals surface area contributed by atoms with E-state index >= 15 is 0 Å². The monoisotopic (exact) mass is 386 g/mol. The Morgan fingerprint density at radius 2 is 1.75 bits per heavy atom. The van der Waals surface area contributed by atoms with Gasteiger partial charge >= 0.3 is 0 Å². The average molecular weight is 387 g/mol. The lowest BCUT2D eigenvalue weighted by Gasteiger charge is -2.14. The average Bonchev–Trinajstić information content (AvgIpc) is 2.75. The molecule has 3 rings (SSSR count). The highest BCUT2D eigenvalue weighted by molar-refractivity contribution is 7.91. The molecule has 1 aromatic heterocycles. The third-order valence-electron chi connectivity index (χ3n) is 3.56. The molecule has 128 valence electrons. The SMILES string of the molecule is Cc1nc(Nc2cc(Cl)cc(Cl)c2)cc(NC2CCS(=O)(=O)C2)n1. The van der Waals surface area contributed by atoms with Crippen molar-refractivity contribution < 1.29 is 8.42 Å². The van der Waals surface area contributed by atoms with Crippen LogP contribution in [-0.2, 0) is 9.84 Å². The number of sulfone groups is 1. The molecule has 0 aliphatic carbocycles. The smallest absolute Gasteiger partial charge is 0.152 e. The highest BCUT2D eigenvalue weighted by atomic mass is 35.5. The van der Waals surface area contributed by atoms with Crippen molar-refractivity contribution in [2.45, 2.75) is 19.4 Å². The summed E-state index contributed by atoms with van der Waals surface area (Å²) in [5, 5.41) is 7.33. The maximum atomic E-state index is 11.6. The number of hydrogen-bond acceptors (Lipinski definition) is 6. The molecule has 0 amide bonds. The quantitative estimate of drug-likeness (QED) is 0.836. The van der Waals surface area contributed by atoms with Crippen molar-refractivity contribution in [2.24, 2.45) is 0 Å². The molecule has 1 aromatic carbocycles. The van der Waals surface area contributed by atoms with Crippen LogP contribution in [0.15, 0.2) is 24.3 Å². The topological polar surface area (TPSA) is 84.0 Å². The van der Waals surface area contributed by atoms with E-state index in [-0.39, 0.29) is 17.5 Å². The zero-order chi connectivity index (χ0) is 17.3. The minimum Gasteiger partial charge on any atom is -0.366 e. The van der Waals surface area contributed by atoms with E-state index in [2.05, 4.69) is 20.6 Å². The summed E-state index contributed by atoms with van der Waals surface area (Å²) in [7, 11) is -2.94. The van der Waals surface area contributed by atoms with Gasteiger partial charge in [0.25, 0.3) is 0 Å². The highest BCUT2D eigenvalue weighted by Gasteiger charge is 2.28. The molecule has 9 heteroatoms. The van der Waals surface area contributed by atoms with Crippen molar-refractivity contribution in [1.29, 1.82) is 0 Å². The van der Waals surface area contributed by atoms with Crippen LogP contribution in [0.5, 0.6) is 0 Å². The molecule has 6 nitrogen and oxygen atoms in total. The number of anilines is 3. The van der Waals surface area contributed by atoms with Crippen molar-refractivity contribution in [3.05, 3.63) is 40.1 Å². The van der Waals surface area contributed by atoms with Gasteiger partial charge in [-0.15, -0.1) is 0 Å². The molecule has 1 aliphatic rings. The Balaban J connectivity index is 1.78. The van der Waals surface area contributed by atoms with Gasteiger partial charge in [0.2, 0.25) is 0 Å². The van der Waals surface area contributed by atoms with Gasteiger partial charge in [0, 0.05) is 27.8 Å². The predicted octanol–water partition coefficient (Wildman–Crippen LogP) is 3.43. The van der Waals surface area contributed by atoms with Crippen molar-refractivity contribution in [2.75, 3.05) is 22.1 Å². The fourth-order valence-corrected chi connectivity index (χ4v) is 4.80. The van der Waals surface area contributed by atoms with Crippen molar-refractivity contribution in [1.82, 2.24) is 9.97 Å². The number of rotatable bonds is 4. The third-order valence-corrected chi connectivity index (χ3v) is 5.76. The van der Waals surface area contributed by atoms with E-state index in [1.54, 1.807) is 31.2 Å². The zero-order valence-electron chi connectivity index (χ0n) is 12.9. The lowest BCUT2D eigenvalue weighted by Crippen LogP contribution is -2.21. The van der Waals surface area contributed by atoms with Crippen molar-refractivity contribution in [3.8, 4) is 0 Å². The molecule has 1 saturated heterocycles. The van der Waals surface area contributed by atoms with E-state index < -0.39 is 9.84 Å². The van der Waals surface area contributed by atoms with Crippen LogP contribution in [0.3, 0.4) is 0 Å². The second kappa shape index (κ2) is 6.74. The first kappa shape index (κ1) is 17.3. The molecule has 1 atom stereocenters. The fourth-order valence-electron chi connectivity index (χ4n) is 2.60. The van der Waals surface area contributed by atoms with E-state index in [0.29, 0.717) is 39.6 Å². The minimum absolute atomic E-state index is 0.127. The number of aromatic nitrogens is 2. The largest absolute Gasteiger partial charge is 0.366 e. The number of aryl methyl sites for hydroxylation is 1. The normalized spacial score (nSPS) is 19.2. The van der Waals surface area contributed by atoms with Crippen LogP contribution in [0.1, 0.15) is 12.2 Å². The van der Waals surface area contributed by atoms with Gasteiger partial charge < -0.3 is 10.6 Å². The fraction of sp³-hybridized carbons (Fsp3) is 0.333. The summed E-state index contributed by atoms with van der Waals surface area (Å²) < 4.78 is 23.1. The van der Waals surface area contributed by atoms with Gasteiger partial charge in [0.1, 0.15) is 17.5 Å². The van der Waals surface area contributed by atoms with Gasteiger partial charge in [-0.2, -0.15) is 0 Å². The molecule has 0 radical (unpaired) electrons. The molecule has 1 unspecified atom stereocenters. The predicted molar refractivity (Wildman–Crippen MR) is 97.2 cm³/mol. The molecule has 2 N–H and O–H groups in total. The maximum absolute atomic E-state index is 11.6. The van der Waals surface area contributed by atoms with Crippen molar-refractivity contribution >= 4 is 50.4 Å². The summed E-state index contributed by atoms with van der Waals surface area (Å²) in [6, 6.07) is 6.72. The minimum atomic E-state index is -2.94. The Morgan fingerprint density at radius 1 is 1.08 bits per heavy atom. The van der Waals surface area contributed by atoms with Crippen LogP contribution in [0, 0.1) is 6.92 Å². The molecule has 0 saturated carbocycles. The molecule has 0 spiro atoms. The molecule has 0 bridgehead atoms. The Morgan fingerprint density at radius 3 is 2.38 bits per heavy atom. The van der Waals surface area contributed by atoms with Crippen molar-refractivity contribution in [3.63, 3.8) is 0 Å². The van der Waals surface area contributed by atoms with Gasteiger partial charge in [-0.05, 0) is 31.5 Å². The van der Waals surface area contributed by atoms with Crippen LogP contribution < -0.4 is 10.6 Å². The second-order valence-corrected chi connectivity index (χ2v) is 8.81. The summed E-state index contributed by atoms with van der Waals surface area (Å²) in [5.41, 5.74) is 0.708. The number of halogens is 2. The van der Waals surface area contributed by atoms with Crippen LogP contribution in [0.25, 0.3) is 0 Å². The summed E-state index contributed by atoms with van der Waals surface area (Å²) in [4.78, 5) is 8.64. The number of nitrogens with one attached hydrogen (secondary N) is 2. The molecule has 1 aliphatic heterocycles. The van der Waals surface area contributed by atoms with E-state index in [1.807, 2.05) is 0 Å². The standard InChI is InChI=1S/C15H16Cl2N4O2S/c1-9-18-14(20-12-2-3-24(22,23)8-12)7-15(19-9)21-13-5-10(16)4-11(17)6-13/h4-7,12H,2-3,8H2,1H3,(H2,18,19,20,21). The summed E-state index contributed by atoms with van der Waals surface area (Å²) >= 11 is 12.0. The number of nitrogens with zero attached hydrogens (tertiary/aromatic N) is 2. The zero-order valence-corrected chi connectivity index (χ0v) is 15.2. The summed E-state index contributed by atoms with van der Waals surface area (Å²) in [6.45, 7) is 1.77. The first-order valence-electron chi connectivity index (χ1n) is 7.35. The van der Waals surface area contributed by atoms with E-state index in [9.17, 15) is 8.42 Å². The molecule has 2 heterocycles. The summed E-state index contributed by atoms with van der Waals surface area (Å²) in [6.07, 6.45) is 0.581. The van der Waals surface area contributed by atoms with Gasteiger partial charge in [-0.1, -0.05) is 23.2 Å². The van der Waals surface area contributed by atoms with E-state index in [0.717, 1.165) is 0 Å². The van der Waals surface area contributed by atoms with Crippen LogP contribution >= 0.6 is 23.2 Å². The Hall–Kier alpha value is -1.57. The Bertz CT molecular complexity index is 854. The van der Waals surface area contributed by atoms with E-state index in [1.165, 1.54) is 0 Å². The summed E-state index contributed by atoms with van der Waals surface area (Å²) in [5.74, 6) is 2.06. The lowest BCUT2D eigenvalue weighted by atomic mass is 10.2. The van der Waals surface area contributed by atoms with Gasteiger partial charge in [-0.3, -0.25) is 0 Å². The maximum Gasteiger partial charge on any atom is 0.152 e. The van der Waals surface area contributed by atoms with Gasteiger partial charge in [0.05, 0.1) is 11.5 Å².